The van der Waals surface area contributed by atoms with Crippen molar-refractivity contribution in [1.29, 1.82) is 0 Å². The zero-order valence-corrected chi connectivity index (χ0v) is 16.7. The monoisotopic (exact) mass is 398 g/mol. The Labute approximate surface area is 158 Å². The van der Waals surface area contributed by atoms with E-state index in [1.54, 1.807) is 12.1 Å². The SMILES string of the molecule is CS(=O)(=O)c1ccc(CNC(=O)N2CC3(CCC3)C2C2CCOCC2)s1. The fraction of sp³-hybridized carbons (Fsp3) is 0.722. The zero-order valence-electron chi connectivity index (χ0n) is 15.1. The van der Waals surface area contributed by atoms with Gasteiger partial charge in [0.05, 0.1) is 6.54 Å². The van der Waals surface area contributed by atoms with Crippen molar-refractivity contribution in [2.45, 2.75) is 48.9 Å². The van der Waals surface area contributed by atoms with Crippen molar-refractivity contribution in [2.24, 2.45) is 11.3 Å². The van der Waals surface area contributed by atoms with Crippen molar-refractivity contribution < 1.29 is 17.9 Å². The molecule has 3 aliphatic rings. The smallest absolute Gasteiger partial charge is 0.317 e. The first-order chi connectivity index (χ1) is 12.4. The van der Waals surface area contributed by atoms with Crippen molar-refractivity contribution in [2.75, 3.05) is 26.0 Å². The van der Waals surface area contributed by atoms with Gasteiger partial charge in [-0.05, 0) is 43.7 Å². The molecule has 2 aliphatic heterocycles. The molecule has 1 aromatic rings. The van der Waals surface area contributed by atoms with Crippen LogP contribution in [0.3, 0.4) is 0 Å². The van der Waals surface area contributed by atoms with E-state index in [9.17, 15) is 13.2 Å². The van der Waals surface area contributed by atoms with Crippen LogP contribution in [0.5, 0.6) is 0 Å². The van der Waals surface area contributed by atoms with Crippen LogP contribution < -0.4 is 5.32 Å². The van der Waals surface area contributed by atoms with Crippen molar-refractivity contribution in [3.63, 3.8) is 0 Å². The van der Waals surface area contributed by atoms with E-state index in [4.69, 9.17) is 4.74 Å². The number of thiophene rings is 1. The molecule has 3 heterocycles. The van der Waals surface area contributed by atoms with Crippen LogP contribution >= 0.6 is 11.3 Å². The Bertz CT molecular complexity index is 779. The molecule has 6 nitrogen and oxygen atoms in total. The summed E-state index contributed by atoms with van der Waals surface area (Å²) in [6.45, 7) is 2.84. The van der Waals surface area contributed by atoms with Crippen LogP contribution in [0.15, 0.2) is 16.3 Å². The molecule has 1 spiro atoms. The van der Waals surface area contributed by atoms with Crippen LogP contribution in [0, 0.1) is 11.3 Å². The number of hydrogen-bond acceptors (Lipinski definition) is 5. The first-order valence-corrected chi connectivity index (χ1v) is 12.0. The molecule has 1 aromatic heterocycles. The standard InChI is InChI=1S/C18H26N2O4S2/c1-26(22,23)15-4-3-14(25-15)11-19-17(21)20-12-18(7-2-8-18)16(20)13-5-9-24-10-6-13/h3-4,13,16H,2,5-12H2,1H3,(H,19,21). The minimum absolute atomic E-state index is 0.0201. The maximum absolute atomic E-state index is 12.8. The van der Waals surface area contributed by atoms with Gasteiger partial charge in [0.1, 0.15) is 4.21 Å². The Morgan fingerprint density at radius 2 is 2.08 bits per heavy atom. The average Bonchev–Trinajstić information content (AvgIpc) is 3.01. The first-order valence-electron chi connectivity index (χ1n) is 9.30. The van der Waals surface area contributed by atoms with Gasteiger partial charge in [0.15, 0.2) is 9.84 Å². The summed E-state index contributed by atoms with van der Waals surface area (Å²) in [5, 5.41) is 2.99. The summed E-state index contributed by atoms with van der Waals surface area (Å²) in [6, 6.07) is 3.71. The lowest BCUT2D eigenvalue weighted by atomic mass is 9.54. The topological polar surface area (TPSA) is 75.7 Å². The lowest BCUT2D eigenvalue weighted by Gasteiger charge is -2.64. The Balaban J connectivity index is 1.38. The van der Waals surface area contributed by atoms with E-state index in [0.717, 1.165) is 37.5 Å². The Morgan fingerprint density at radius 1 is 1.35 bits per heavy atom. The van der Waals surface area contributed by atoms with E-state index in [1.807, 2.05) is 4.90 Å². The summed E-state index contributed by atoms with van der Waals surface area (Å²) >= 11 is 1.23. The molecule has 4 rings (SSSR count). The summed E-state index contributed by atoms with van der Waals surface area (Å²) in [5.74, 6) is 0.544. The number of ether oxygens (including phenoxy) is 1. The number of hydrogen-bond donors (Lipinski definition) is 1. The van der Waals surface area contributed by atoms with E-state index in [0.29, 0.717) is 28.1 Å². The fourth-order valence-electron chi connectivity index (χ4n) is 4.74. The average molecular weight is 399 g/mol. The minimum Gasteiger partial charge on any atom is -0.381 e. The predicted octanol–water partition coefficient (Wildman–Crippen LogP) is 2.64. The summed E-state index contributed by atoms with van der Waals surface area (Å²) < 4.78 is 29.0. The summed E-state index contributed by atoms with van der Waals surface area (Å²) in [7, 11) is -3.18. The Kier molecular flexibility index (Phi) is 4.77. The highest BCUT2D eigenvalue weighted by molar-refractivity contribution is 7.92. The number of amides is 2. The molecule has 0 radical (unpaired) electrons. The molecule has 2 saturated heterocycles. The third-order valence-corrected chi connectivity index (χ3v) is 9.09. The third kappa shape index (κ3) is 3.27. The molecule has 0 bridgehead atoms. The molecule has 1 saturated carbocycles. The largest absolute Gasteiger partial charge is 0.381 e. The summed E-state index contributed by atoms with van der Waals surface area (Å²) in [4.78, 5) is 15.6. The number of sulfone groups is 1. The molecular formula is C18H26N2O4S2. The van der Waals surface area contributed by atoms with Crippen LogP contribution in [-0.2, 0) is 21.1 Å². The van der Waals surface area contributed by atoms with Crippen molar-refractivity contribution in [3.05, 3.63) is 17.0 Å². The number of nitrogens with one attached hydrogen (secondary N) is 1. The molecule has 8 heteroatoms. The number of carbonyl (C=O) groups is 1. The number of urea groups is 1. The second-order valence-electron chi connectivity index (χ2n) is 7.89. The quantitative estimate of drug-likeness (QED) is 0.846. The maximum Gasteiger partial charge on any atom is 0.317 e. The van der Waals surface area contributed by atoms with Crippen LogP contribution in [0.4, 0.5) is 4.79 Å². The van der Waals surface area contributed by atoms with Gasteiger partial charge in [0, 0.05) is 42.3 Å². The minimum atomic E-state index is -3.18. The van der Waals surface area contributed by atoms with E-state index in [1.165, 1.54) is 36.9 Å². The molecule has 2 amide bonds. The second kappa shape index (κ2) is 6.80. The van der Waals surface area contributed by atoms with Gasteiger partial charge < -0.3 is 15.0 Å². The number of nitrogens with zero attached hydrogens (tertiary/aromatic N) is 1. The summed E-state index contributed by atoms with van der Waals surface area (Å²) in [6.07, 6.45) is 7.04. The molecule has 1 N–H and O–H groups in total. The number of likely N-dealkylation sites (tertiary alicyclic amines) is 1. The van der Waals surface area contributed by atoms with Gasteiger partial charge in [-0.2, -0.15) is 0 Å². The second-order valence-corrected chi connectivity index (χ2v) is 11.3. The van der Waals surface area contributed by atoms with Gasteiger partial charge >= 0.3 is 6.03 Å². The highest BCUT2D eigenvalue weighted by atomic mass is 32.2. The lowest BCUT2D eigenvalue weighted by molar-refractivity contribution is -0.137. The van der Waals surface area contributed by atoms with Gasteiger partial charge in [0.2, 0.25) is 0 Å². The van der Waals surface area contributed by atoms with Gasteiger partial charge in [-0.3, -0.25) is 0 Å². The maximum atomic E-state index is 12.8. The molecular weight excluding hydrogens is 372 g/mol. The Hall–Kier alpha value is -1.12. The van der Waals surface area contributed by atoms with Crippen LogP contribution in [0.25, 0.3) is 0 Å². The zero-order chi connectivity index (χ0) is 18.4. The molecule has 144 valence electrons. The van der Waals surface area contributed by atoms with Crippen molar-refractivity contribution >= 4 is 27.2 Å². The number of carbonyl (C=O) groups excluding carboxylic acids is 1. The molecule has 1 unspecified atom stereocenters. The summed E-state index contributed by atoms with van der Waals surface area (Å²) in [5.41, 5.74) is 0.353. The predicted molar refractivity (Wildman–Crippen MR) is 100.0 cm³/mol. The van der Waals surface area contributed by atoms with E-state index in [2.05, 4.69) is 5.32 Å². The van der Waals surface area contributed by atoms with Crippen molar-refractivity contribution in [3.8, 4) is 0 Å². The highest BCUT2D eigenvalue weighted by Gasteiger charge is 2.59. The number of rotatable bonds is 4. The third-order valence-electron chi connectivity index (χ3n) is 6.19. The molecule has 26 heavy (non-hydrogen) atoms. The normalized spacial score (nSPS) is 25.6. The lowest BCUT2D eigenvalue weighted by Crippen LogP contribution is -2.72. The van der Waals surface area contributed by atoms with Crippen LogP contribution in [0.1, 0.15) is 37.0 Å². The molecule has 3 fully saturated rings. The molecule has 0 aromatic carbocycles. The van der Waals surface area contributed by atoms with Gasteiger partial charge in [-0.1, -0.05) is 6.42 Å². The van der Waals surface area contributed by atoms with Crippen LogP contribution in [-0.4, -0.2) is 51.4 Å². The highest BCUT2D eigenvalue weighted by Crippen LogP contribution is 2.56. The first kappa shape index (κ1) is 18.3. The molecule has 1 atom stereocenters. The Morgan fingerprint density at radius 3 is 2.65 bits per heavy atom. The van der Waals surface area contributed by atoms with E-state index < -0.39 is 9.84 Å². The van der Waals surface area contributed by atoms with Gasteiger partial charge in [-0.25, -0.2) is 13.2 Å². The van der Waals surface area contributed by atoms with Crippen LogP contribution in [0.2, 0.25) is 0 Å². The van der Waals surface area contributed by atoms with Crippen molar-refractivity contribution in [1.82, 2.24) is 10.2 Å². The van der Waals surface area contributed by atoms with E-state index >= 15 is 0 Å². The van der Waals surface area contributed by atoms with E-state index in [-0.39, 0.29) is 6.03 Å². The molecule has 1 aliphatic carbocycles. The van der Waals surface area contributed by atoms with Gasteiger partial charge in [-0.15, -0.1) is 11.3 Å². The van der Waals surface area contributed by atoms with Gasteiger partial charge in [0.25, 0.3) is 0 Å². The fourth-order valence-corrected chi connectivity index (χ4v) is 6.65.